The van der Waals surface area contributed by atoms with Crippen LogP contribution in [0.5, 0.6) is 11.5 Å². The minimum absolute atomic E-state index is 0.814. The number of hydrogen-bond donors (Lipinski definition) is 1. The van der Waals surface area contributed by atoms with E-state index in [9.17, 15) is 0 Å². The van der Waals surface area contributed by atoms with Crippen molar-refractivity contribution >= 4 is 11.0 Å². The first-order chi connectivity index (χ1) is 9.99. The molecule has 0 fully saturated rings. The number of fused-ring (bicyclic) bond motifs is 1. The number of nitrogens with zero attached hydrogens (tertiary/aromatic N) is 2. The van der Waals surface area contributed by atoms with Gasteiger partial charge in [-0.1, -0.05) is 18.2 Å². The summed E-state index contributed by atoms with van der Waals surface area (Å²) in [5.41, 5.74) is 1.98. The van der Waals surface area contributed by atoms with Crippen LogP contribution in [0.4, 0.5) is 0 Å². The molecule has 0 amide bonds. The van der Waals surface area contributed by atoms with Gasteiger partial charge in [0.05, 0.1) is 32.2 Å². The third-order valence-corrected chi connectivity index (χ3v) is 3.11. The Morgan fingerprint density at radius 2 is 1.76 bits per heavy atom. The highest BCUT2D eigenvalue weighted by Crippen LogP contribution is 2.24. The molecule has 3 rings (SSSR count). The van der Waals surface area contributed by atoms with Crippen LogP contribution in [0.1, 0.15) is 5.82 Å². The quantitative estimate of drug-likeness (QED) is 0.743. The summed E-state index contributed by atoms with van der Waals surface area (Å²) >= 11 is 0. The van der Waals surface area contributed by atoms with Crippen LogP contribution in [0, 0.1) is 0 Å². The summed E-state index contributed by atoms with van der Waals surface area (Å²) in [6.45, 7) is 0.865. The standard InChI is InChI=1S/C17H20N3O/c1-20(2,3)12-17-18-15-10-9-14(11-16(15)19-17)21-13-7-5-4-6-8-13/h4-11H,12H2,1-3H3,(H,18,19)/q+1. The monoisotopic (exact) mass is 282 g/mol. The van der Waals surface area contributed by atoms with E-state index in [1.165, 1.54) is 0 Å². The van der Waals surface area contributed by atoms with E-state index >= 15 is 0 Å². The summed E-state index contributed by atoms with van der Waals surface area (Å²) in [4.78, 5) is 7.99. The molecule has 0 saturated carbocycles. The summed E-state index contributed by atoms with van der Waals surface area (Å²) in [6, 6.07) is 15.7. The fraction of sp³-hybridized carbons (Fsp3) is 0.235. The van der Waals surface area contributed by atoms with Gasteiger partial charge in [0.1, 0.15) is 18.0 Å². The molecule has 0 spiro atoms. The maximum atomic E-state index is 5.84. The fourth-order valence-corrected chi connectivity index (χ4v) is 2.25. The Kier molecular flexibility index (Phi) is 3.39. The van der Waals surface area contributed by atoms with Crippen LogP contribution in [-0.2, 0) is 6.54 Å². The number of aromatic amines is 1. The average molecular weight is 282 g/mol. The van der Waals surface area contributed by atoms with E-state index in [0.717, 1.165) is 39.4 Å². The van der Waals surface area contributed by atoms with E-state index in [1.54, 1.807) is 0 Å². The second-order valence-electron chi connectivity index (χ2n) is 6.23. The van der Waals surface area contributed by atoms with Crippen molar-refractivity contribution in [1.82, 2.24) is 9.97 Å². The zero-order valence-electron chi connectivity index (χ0n) is 12.6. The van der Waals surface area contributed by atoms with Gasteiger partial charge in [-0.3, -0.25) is 0 Å². The van der Waals surface area contributed by atoms with Crippen LogP contribution in [0.2, 0.25) is 0 Å². The largest absolute Gasteiger partial charge is 0.457 e. The predicted octanol–water partition coefficient (Wildman–Crippen LogP) is 3.56. The maximum absolute atomic E-state index is 5.84. The molecular formula is C17H20N3O+. The molecule has 0 saturated heterocycles. The Morgan fingerprint density at radius 1 is 1.00 bits per heavy atom. The Bertz CT molecular complexity index is 742. The normalized spacial score (nSPS) is 11.8. The van der Waals surface area contributed by atoms with Crippen LogP contribution in [-0.4, -0.2) is 35.6 Å². The van der Waals surface area contributed by atoms with Crippen molar-refractivity contribution in [2.75, 3.05) is 21.1 Å². The fourth-order valence-electron chi connectivity index (χ4n) is 2.25. The smallest absolute Gasteiger partial charge is 0.162 e. The second kappa shape index (κ2) is 5.22. The molecular weight excluding hydrogens is 262 g/mol. The number of H-pyrrole nitrogens is 1. The molecule has 0 aliphatic rings. The van der Waals surface area contributed by atoms with Crippen LogP contribution in [0.3, 0.4) is 0 Å². The number of aromatic nitrogens is 2. The van der Waals surface area contributed by atoms with E-state index in [2.05, 4.69) is 31.1 Å². The van der Waals surface area contributed by atoms with Gasteiger partial charge in [0, 0.05) is 6.07 Å². The van der Waals surface area contributed by atoms with Gasteiger partial charge in [0.2, 0.25) is 0 Å². The molecule has 0 aliphatic heterocycles. The van der Waals surface area contributed by atoms with E-state index in [1.807, 2.05) is 48.5 Å². The van der Waals surface area contributed by atoms with Crippen LogP contribution >= 0.6 is 0 Å². The van der Waals surface area contributed by atoms with E-state index in [0.29, 0.717) is 0 Å². The lowest BCUT2D eigenvalue weighted by Gasteiger charge is -2.22. The zero-order valence-corrected chi connectivity index (χ0v) is 12.6. The minimum Gasteiger partial charge on any atom is -0.457 e. The third kappa shape index (κ3) is 3.41. The summed E-state index contributed by atoms with van der Waals surface area (Å²) in [7, 11) is 6.45. The van der Waals surface area contributed by atoms with Gasteiger partial charge in [-0.25, -0.2) is 4.98 Å². The van der Waals surface area contributed by atoms with Crippen molar-refractivity contribution in [3.8, 4) is 11.5 Å². The molecule has 4 nitrogen and oxygen atoms in total. The van der Waals surface area contributed by atoms with Gasteiger partial charge in [0.15, 0.2) is 5.82 Å². The molecule has 21 heavy (non-hydrogen) atoms. The zero-order chi connectivity index (χ0) is 14.9. The Labute approximate surface area is 124 Å². The van der Waals surface area contributed by atoms with Crippen molar-refractivity contribution < 1.29 is 9.22 Å². The molecule has 3 aromatic rings. The number of benzene rings is 2. The van der Waals surface area contributed by atoms with E-state index in [-0.39, 0.29) is 0 Å². The highest BCUT2D eigenvalue weighted by molar-refractivity contribution is 5.76. The number of imidazole rings is 1. The first kappa shape index (κ1) is 13.6. The average Bonchev–Trinajstić information content (AvgIpc) is 2.79. The number of para-hydroxylation sites is 1. The van der Waals surface area contributed by atoms with Crippen molar-refractivity contribution in [2.45, 2.75) is 6.54 Å². The Balaban J connectivity index is 1.86. The second-order valence-corrected chi connectivity index (χ2v) is 6.23. The molecule has 4 heteroatoms. The molecule has 0 unspecified atom stereocenters. The maximum Gasteiger partial charge on any atom is 0.162 e. The summed E-state index contributed by atoms with van der Waals surface area (Å²) in [5.74, 6) is 2.64. The summed E-state index contributed by atoms with van der Waals surface area (Å²) < 4.78 is 6.69. The molecule has 0 bridgehead atoms. The number of quaternary nitrogens is 1. The minimum atomic E-state index is 0.814. The van der Waals surface area contributed by atoms with Crippen molar-refractivity contribution in [1.29, 1.82) is 0 Å². The summed E-state index contributed by atoms with van der Waals surface area (Å²) in [5, 5.41) is 0. The van der Waals surface area contributed by atoms with Crippen molar-refractivity contribution in [3.05, 3.63) is 54.4 Å². The number of hydrogen-bond acceptors (Lipinski definition) is 2. The molecule has 0 aliphatic carbocycles. The van der Waals surface area contributed by atoms with E-state index in [4.69, 9.17) is 4.74 Å². The van der Waals surface area contributed by atoms with Crippen LogP contribution < -0.4 is 4.74 Å². The topological polar surface area (TPSA) is 37.9 Å². The van der Waals surface area contributed by atoms with Gasteiger partial charge in [-0.2, -0.15) is 0 Å². The van der Waals surface area contributed by atoms with Crippen LogP contribution in [0.15, 0.2) is 48.5 Å². The molecule has 2 aromatic carbocycles. The molecule has 0 radical (unpaired) electrons. The van der Waals surface area contributed by atoms with Gasteiger partial charge in [-0.15, -0.1) is 0 Å². The van der Waals surface area contributed by atoms with Crippen molar-refractivity contribution in [2.24, 2.45) is 0 Å². The number of nitrogens with one attached hydrogen (secondary N) is 1. The molecule has 1 heterocycles. The number of ether oxygens (including phenoxy) is 1. The lowest BCUT2D eigenvalue weighted by atomic mass is 10.3. The highest BCUT2D eigenvalue weighted by Gasteiger charge is 2.12. The molecule has 1 N–H and O–H groups in total. The predicted molar refractivity (Wildman–Crippen MR) is 84.3 cm³/mol. The highest BCUT2D eigenvalue weighted by atomic mass is 16.5. The van der Waals surface area contributed by atoms with Gasteiger partial charge < -0.3 is 14.2 Å². The SMILES string of the molecule is C[N+](C)(C)Cc1nc2ccc(Oc3ccccc3)cc2[nH]1. The Morgan fingerprint density at radius 3 is 2.48 bits per heavy atom. The Hall–Kier alpha value is -2.33. The molecule has 1 aromatic heterocycles. The van der Waals surface area contributed by atoms with Gasteiger partial charge in [-0.05, 0) is 24.3 Å². The van der Waals surface area contributed by atoms with Crippen LogP contribution in [0.25, 0.3) is 11.0 Å². The number of rotatable bonds is 4. The lowest BCUT2D eigenvalue weighted by molar-refractivity contribution is -0.884. The summed E-state index contributed by atoms with van der Waals surface area (Å²) in [6.07, 6.45) is 0. The first-order valence-electron chi connectivity index (χ1n) is 7.02. The van der Waals surface area contributed by atoms with E-state index < -0.39 is 0 Å². The molecule has 108 valence electrons. The lowest BCUT2D eigenvalue weighted by Crippen LogP contribution is -2.33. The van der Waals surface area contributed by atoms with Gasteiger partial charge >= 0.3 is 0 Å². The van der Waals surface area contributed by atoms with Crippen molar-refractivity contribution in [3.63, 3.8) is 0 Å². The third-order valence-electron chi connectivity index (χ3n) is 3.11. The molecule has 0 atom stereocenters. The van der Waals surface area contributed by atoms with Gasteiger partial charge in [0.25, 0.3) is 0 Å². The first-order valence-corrected chi connectivity index (χ1v) is 7.02.